The number of ether oxygens (including phenoxy) is 1. The SMILES string of the molecule is COc1cc(CNCCCC(C)C)cc(Br)c1O. The van der Waals surface area contributed by atoms with Crippen molar-refractivity contribution in [1.82, 2.24) is 5.32 Å². The number of halogens is 1. The number of phenols is 1. The van der Waals surface area contributed by atoms with Gasteiger partial charge in [0.1, 0.15) is 0 Å². The average Bonchev–Trinajstić information content (AvgIpc) is 2.32. The van der Waals surface area contributed by atoms with Crippen molar-refractivity contribution >= 4 is 15.9 Å². The Kier molecular flexibility index (Phi) is 6.50. The second-order valence-corrected chi connectivity index (χ2v) is 5.70. The number of aromatic hydroxyl groups is 1. The fraction of sp³-hybridized carbons (Fsp3) is 0.571. The summed E-state index contributed by atoms with van der Waals surface area (Å²) in [6.45, 7) is 6.27. The predicted molar refractivity (Wildman–Crippen MR) is 78.1 cm³/mol. The van der Waals surface area contributed by atoms with Crippen LogP contribution in [-0.4, -0.2) is 18.8 Å². The van der Waals surface area contributed by atoms with Gasteiger partial charge in [-0.3, -0.25) is 0 Å². The summed E-state index contributed by atoms with van der Waals surface area (Å²) >= 11 is 3.32. The molecule has 4 heteroatoms. The van der Waals surface area contributed by atoms with Gasteiger partial charge in [-0.05, 0) is 58.9 Å². The lowest BCUT2D eigenvalue weighted by atomic mass is 10.1. The van der Waals surface area contributed by atoms with Gasteiger partial charge < -0.3 is 15.2 Å². The first kappa shape index (κ1) is 15.3. The summed E-state index contributed by atoms with van der Waals surface area (Å²) in [6, 6.07) is 3.77. The van der Waals surface area contributed by atoms with E-state index >= 15 is 0 Å². The zero-order valence-corrected chi connectivity index (χ0v) is 12.9. The molecule has 0 aromatic heterocycles. The van der Waals surface area contributed by atoms with Crippen LogP contribution in [0.25, 0.3) is 0 Å². The van der Waals surface area contributed by atoms with Crippen molar-refractivity contribution in [1.29, 1.82) is 0 Å². The molecule has 0 amide bonds. The topological polar surface area (TPSA) is 41.5 Å². The molecule has 102 valence electrons. The second kappa shape index (κ2) is 7.64. The molecule has 0 aliphatic heterocycles. The molecule has 1 rings (SSSR count). The monoisotopic (exact) mass is 315 g/mol. The van der Waals surface area contributed by atoms with E-state index in [1.54, 1.807) is 7.11 Å². The minimum Gasteiger partial charge on any atom is -0.503 e. The van der Waals surface area contributed by atoms with E-state index < -0.39 is 0 Å². The van der Waals surface area contributed by atoms with Crippen LogP contribution in [0.1, 0.15) is 32.3 Å². The minimum absolute atomic E-state index is 0.154. The molecule has 2 N–H and O–H groups in total. The molecule has 0 aliphatic carbocycles. The molecule has 0 aliphatic rings. The molecule has 0 spiro atoms. The predicted octanol–water partition coefficient (Wildman–Crippen LogP) is 3.69. The van der Waals surface area contributed by atoms with Gasteiger partial charge >= 0.3 is 0 Å². The van der Waals surface area contributed by atoms with Crippen molar-refractivity contribution in [2.45, 2.75) is 33.2 Å². The van der Waals surface area contributed by atoms with Gasteiger partial charge in [-0.15, -0.1) is 0 Å². The molecule has 0 fully saturated rings. The molecule has 1 aromatic carbocycles. The van der Waals surface area contributed by atoms with Crippen molar-refractivity contribution in [3.63, 3.8) is 0 Å². The van der Waals surface area contributed by atoms with Crippen molar-refractivity contribution < 1.29 is 9.84 Å². The van der Waals surface area contributed by atoms with Crippen LogP contribution >= 0.6 is 15.9 Å². The first-order valence-corrected chi connectivity index (χ1v) is 7.10. The molecular formula is C14H22BrNO2. The van der Waals surface area contributed by atoms with E-state index in [1.165, 1.54) is 12.8 Å². The quantitative estimate of drug-likeness (QED) is 0.754. The summed E-state index contributed by atoms with van der Waals surface area (Å²) in [7, 11) is 1.56. The van der Waals surface area contributed by atoms with Crippen molar-refractivity contribution in [2.24, 2.45) is 5.92 Å². The summed E-state index contributed by atoms with van der Waals surface area (Å²) < 4.78 is 5.79. The fourth-order valence-electron chi connectivity index (χ4n) is 1.75. The Labute approximate surface area is 118 Å². The molecule has 0 atom stereocenters. The minimum atomic E-state index is 0.154. The Morgan fingerprint density at radius 3 is 2.72 bits per heavy atom. The summed E-state index contributed by atoms with van der Waals surface area (Å²) in [5, 5.41) is 13.1. The van der Waals surface area contributed by atoms with Gasteiger partial charge in [0.15, 0.2) is 11.5 Å². The molecule has 0 saturated carbocycles. The molecule has 0 radical (unpaired) electrons. The molecule has 0 unspecified atom stereocenters. The van der Waals surface area contributed by atoms with Crippen molar-refractivity contribution in [2.75, 3.05) is 13.7 Å². The lowest BCUT2D eigenvalue weighted by Crippen LogP contribution is -2.15. The Hall–Kier alpha value is -0.740. The maximum Gasteiger partial charge on any atom is 0.172 e. The van der Waals surface area contributed by atoms with Gasteiger partial charge in [-0.25, -0.2) is 0 Å². The first-order chi connectivity index (χ1) is 8.54. The maximum absolute atomic E-state index is 9.70. The number of phenolic OH excluding ortho intramolecular Hbond substituents is 1. The van der Waals surface area contributed by atoms with Gasteiger partial charge in [0.25, 0.3) is 0 Å². The Morgan fingerprint density at radius 2 is 2.11 bits per heavy atom. The third-order valence-electron chi connectivity index (χ3n) is 2.77. The van der Waals surface area contributed by atoms with Crippen LogP contribution in [0.15, 0.2) is 16.6 Å². The summed E-state index contributed by atoms with van der Waals surface area (Å²) in [5.74, 6) is 1.42. The van der Waals surface area contributed by atoms with Crippen LogP contribution in [0, 0.1) is 5.92 Å². The standard InChI is InChI=1S/C14H22BrNO2/c1-10(2)5-4-6-16-9-11-7-12(15)14(17)13(8-11)18-3/h7-8,10,16-17H,4-6,9H2,1-3H3. The lowest BCUT2D eigenvalue weighted by molar-refractivity contribution is 0.371. The zero-order valence-electron chi connectivity index (χ0n) is 11.3. The molecule has 0 bridgehead atoms. The fourth-order valence-corrected chi connectivity index (χ4v) is 2.24. The molecular weight excluding hydrogens is 294 g/mol. The Balaban J connectivity index is 2.45. The number of hydrogen-bond donors (Lipinski definition) is 2. The molecule has 0 saturated heterocycles. The second-order valence-electron chi connectivity index (χ2n) is 4.84. The van der Waals surface area contributed by atoms with Gasteiger partial charge in [-0.1, -0.05) is 13.8 Å². The summed E-state index contributed by atoms with van der Waals surface area (Å²) in [5.41, 5.74) is 1.10. The smallest absolute Gasteiger partial charge is 0.172 e. The summed E-state index contributed by atoms with van der Waals surface area (Å²) in [6.07, 6.45) is 2.43. The lowest BCUT2D eigenvalue weighted by Gasteiger charge is -2.10. The van der Waals surface area contributed by atoms with Crippen LogP contribution in [0.2, 0.25) is 0 Å². The molecule has 18 heavy (non-hydrogen) atoms. The van der Waals surface area contributed by atoms with Crippen LogP contribution < -0.4 is 10.1 Å². The van der Waals surface area contributed by atoms with Crippen LogP contribution in [0.3, 0.4) is 0 Å². The number of nitrogens with one attached hydrogen (secondary N) is 1. The maximum atomic E-state index is 9.70. The Morgan fingerprint density at radius 1 is 1.39 bits per heavy atom. The van der Waals surface area contributed by atoms with E-state index in [0.717, 1.165) is 24.6 Å². The van der Waals surface area contributed by atoms with E-state index in [1.807, 2.05) is 12.1 Å². The number of rotatable bonds is 7. The highest BCUT2D eigenvalue weighted by molar-refractivity contribution is 9.10. The number of methoxy groups -OCH3 is 1. The average molecular weight is 316 g/mol. The van der Waals surface area contributed by atoms with E-state index in [-0.39, 0.29) is 5.75 Å². The van der Waals surface area contributed by atoms with E-state index in [9.17, 15) is 5.11 Å². The van der Waals surface area contributed by atoms with Gasteiger partial charge in [-0.2, -0.15) is 0 Å². The van der Waals surface area contributed by atoms with Crippen LogP contribution in [0.4, 0.5) is 0 Å². The van der Waals surface area contributed by atoms with Crippen LogP contribution in [-0.2, 0) is 6.54 Å². The van der Waals surface area contributed by atoms with Crippen molar-refractivity contribution in [3.8, 4) is 11.5 Å². The van der Waals surface area contributed by atoms with Crippen LogP contribution in [0.5, 0.6) is 11.5 Å². The van der Waals surface area contributed by atoms with Gasteiger partial charge in [0.05, 0.1) is 11.6 Å². The Bertz CT molecular complexity index is 380. The first-order valence-electron chi connectivity index (χ1n) is 6.30. The normalized spacial score (nSPS) is 10.9. The highest BCUT2D eigenvalue weighted by Crippen LogP contribution is 2.35. The van der Waals surface area contributed by atoms with E-state index in [2.05, 4.69) is 35.1 Å². The highest BCUT2D eigenvalue weighted by Gasteiger charge is 2.08. The number of benzene rings is 1. The largest absolute Gasteiger partial charge is 0.503 e. The van der Waals surface area contributed by atoms with E-state index in [4.69, 9.17) is 4.74 Å². The molecule has 3 nitrogen and oxygen atoms in total. The number of hydrogen-bond acceptors (Lipinski definition) is 3. The summed E-state index contributed by atoms with van der Waals surface area (Å²) in [4.78, 5) is 0. The zero-order chi connectivity index (χ0) is 13.5. The third-order valence-corrected chi connectivity index (χ3v) is 3.38. The third kappa shape index (κ3) is 4.86. The van der Waals surface area contributed by atoms with Gasteiger partial charge in [0, 0.05) is 6.54 Å². The highest BCUT2D eigenvalue weighted by atomic mass is 79.9. The van der Waals surface area contributed by atoms with Gasteiger partial charge in [0.2, 0.25) is 0 Å². The van der Waals surface area contributed by atoms with E-state index in [0.29, 0.717) is 10.2 Å². The van der Waals surface area contributed by atoms with Crippen molar-refractivity contribution in [3.05, 3.63) is 22.2 Å². The molecule has 0 heterocycles. The molecule has 1 aromatic rings.